The molecule has 2 aromatic rings. The number of rotatable bonds is 5. The quantitative estimate of drug-likeness (QED) is 0.889. The second-order valence-corrected chi connectivity index (χ2v) is 6.18. The number of carbonyl (C=O) groups excluding carboxylic acids is 1. The molecular formula is C20H24N2O2. The summed E-state index contributed by atoms with van der Waals surface area (Å²) in [7, 11) is 0. The van der Waals surface area contributed by atoms with Crippen LogP contribution in [0.3, 0.4) is 0 Å². The van der Waals surface area contributed by atoms with Gasteiger partial charge in [-0.3, -0.25) is 4.79 Å². The van der Waals surface area contributed by atoms with Crippen LogP contribution in [0.5, 0.6) is 5.75 Å². The minimum absolute atomic E-state index is 0.0472. The van der Waals surface area contributed by atoms with Crippen LogP contribution in [0.2, 0.25) is 0 Å². The van der Waals surface area contributed by atoms with E-state index in [0.717, 1.165) is 31.5 Å². The zero-order chi connectivity index (χ0) is 16.8. The molecule has 0 spiro atoms. The van der Waals surface area contributed by atoms with Gasteiger partial charge in [0.05, 0.1) is 0 Å². The molecule has 3 rings (SSSR count). The van der Waals surface area contributed by atoms with E-state index in [1.165, 1.54) is 5.56 Å². The summed E-state index contributed by atoms with van der Waals surface area (Å²) in [6.07, 6.45) is 1.46. The van der Waals surface area contributed by atoms with Gasteiger partial charge >= 0.3 is 0 Å². The molecule has 2 aromatic carbocycles. The highest BCUT2D eigenvalue weighted by molar-refractivity contribution is 5.81. The molecule has 1 aliphatic rings. The maximum Gasteiger partial charge on any atom is 0.260 e. The second-order valence-electron chi connectivity index (χ2n) is 6.18. The van der Waals surface area contributed by atoms with Crippen molar-refractivity contribution in [3.63, 3.8) is 0 Å². The van der Waals surface area contributed by atoms with Crippen molar-refractivity contribution in [3.8, 4) is 16.9 Å². The number of hydrogen-bond acceptors (Lipinski definition) is 3. The van der Waals surface area contributed by atoms with Crippen LogP contribution < -0.4 is 15.4 Å². The number of piperidine rings is 1. The van der Waals surface area contributed by atoms with Crippen LogP contribution in [0.15, 0.2) is 54.6 Å². The lowest BCUT2D eigenvalue weighted by Gasteiger charge is -2.25. The first kappa shape index (κ1) is 16.5. The molecule has 1 amide bonds. The van der Waals surface area contributed by atoms with Crippen LogP contribution in [0.4, 0.5) is 0 Å². The standard InChI is InChI=1S/C20H24N2O2/c1-15(20(23)22-18-11-13-21-14-12-18)24-19-9-7-17(8-10-19)16-5-3-2-4-6-16/h2-10,15,18,21H,11-14H2,1H3,(H,22,23). The Morgan fingerprint density at radius 1 is 1.04 bits per heavy atom. The fourth-order valence-corrected chi connectivity index (χ4v) is 2.90. The van der Waals surface area contributed by atoms with Gasteiger partial charge in [-0.2, -0.15) is 0 Å². The summed E-state index contributed by atoms with van der Waals surface area (Å²) in [5.74, 6) is 0.664. The minimum atomic E-state index is -0.498. The normalized spacial score (nSPS) is 16.4. The van der Waals surface area contributed by atoms with E-state index in [1.807, 2.05) is 42.5 Å². The second kappa shape index (κ2) is 7.97. The van der Waals surface area contributed by atoms with E-state index in [1.54, 1.807) is 6.92 Å². The van der Waals surface area contributed by atoms with Gasteiger partial charge in [0.1, 0.15) is 5.75 Å². The molecule has 1 heterocycles. The fraction of sp³-hybridized carbons (Fsp3) is 0.350. The molecule has 1 unspecified atom stereocenters. The van der Waals surface area contributed by atoms with E-state index in [9.17, 15) is 4.79 Å². The number of amides is 1. The Balaban J connectivity index is 1.56. The molecule has 24 heavy (non-hydrogen) atoms. The third-order valence-electron chi connectivity index (χ3n) is 4.33. The molecule has 126 valence electrons. The summed E-state index contributed by atoms with van der Waals surface area (Å²) < 4.78 is 5.78. The van der Waals surface area contributed by atoms with Crippen LogP contribution in [-0.4, -0.2) is 31.1 Å². The van der Waals surface area contributed by atoms with Crippen LogP contribution in [0, 0.1) is 0 Å². The maximum absolute atomic E-state index is 12.2. The Morgan fingerprint density at radius 3 is 2.33 bits per heavy atom. The predicted molar refractivity (Wildman–Crippen MR) is 96.0 cm³/mol. The number of carbonyl (C=O) groups is 1. The molecule has 0 bridgehead atoms. The van der Waals surface area contributed by atoms with Crippen LogP contribution in [-0.2, 0) is 4.79 Å². The van der Waals surface area contributed by atoms with E-state index in [2.05, 4.69) is 22.8 Å². The molecule has 2 N–H and O–H groups in total. The van der Waals surface area contributed by atoms with E-state index in [0.29, 0.717) is 5.75 Å². The monoisotopic (exact) mass is 324 g/mol. The molecule has 0 aromatic heterocycles. The number of nitrogens with one attached hydrogen (secondary N) is 2. The number of hydrogen-bond donors (Lipinski definition) is 2. The predicted octanol–water partition coefficient (Wildman–Crippen LogP) is 2.99. The fourth-order valence-electron chi connectivity index (χ4n) is 2.90. The topological polar surface area (TPSA) is 50.4 Å². The lowest BCUT2D eigenvalue weighted by atomic mass is 10.1. The van der Waals surface area contributed by atoms with Gasteiger partial charge in [0, 0.05) is 6.04 Å². The van der Waals surface area contributed by atoms with Gasteiger partial charge in [0.15, 0.2) is 6.10 Å². The maximum atomic E-state index is 12.2. The molecule has 0 aliphatic carbocycles. The van der Waals surface area contributed by atoms with Crippen LogP contribution >= 0.6 is 0 Å². The largest absolute Gasteiger partial charge is 0.481 e. The summed E-state index contributed by atoms with van der Waals surface area (Å²) in [6.45, 7) is 3.71. The van der Waals surface area contributed by atoms with E-state index in [4.69, 9.17) is 4.74 Å². The highest BCUT2D eigenvalue weighted by atomic mass is 16.5. The van der Waals surface area contributed by atoms with Crippen molar-refractivity contribution >= 4 is 5.91 Å². The van der Waals surface area contributed by atoms with Crippen molar-refractivity contribution in [1.82, 2.24) is 10.6 Å². The first-order chi connectivity index (χ1) is 11.7. The number of benzene rings is 2. The van der Waals surface area contributed by atoms with Gasteiger partial charge in [0.2, 0.25) is 0 Å². The zero-order valence-corrected chi connectivity index (χ0v) is 14.0. The van der Waals surface area contributed by atoms with Crippen molar-refractivity contribution in [3.05, 3.63) is 54.6 Å². The third-order valence-corrected chi connectivity index (χ3v) is 4.33. The molecule has 4 nitrogen and oxygen atoms in total. The van der Waals surface area contributed by atoms with E-state index in [-0.39, 0.29) is 11.9 Å². The Morgan fingerprint density at radius 2 is 1.67 bits per heavy atom. The summed E-state index contributed by atoms with van der Waals surface area (Å²) in [5, 5.41) is 6.37. The van der Waals surface area contributed by atoms with Crippen LogP contribution in [0.1, 0.15) is 19.8 Å². The highest BCUT2D eigenvalue weighted by Crippen LogP contribution is 2.22. The minimum Gasteiger partial charge on any atom is -0.481 e. The lowest BCUT2D eigenvalue weighted by Crippen LogP contribution is -2.46. The zero-order valence-electron chi connectivity index (χ0n) is 14.0. The average Bonchev–Trinajstić information content (AvgIpc) is 2.64. The van der Waals surface area contributed by atoms with Crippen LogP contribution in [0.25, 0.3) is 11.1 Å². The summed E-state index contributed by atoms with van der Waals surface area (Å²) in [5.41, 5.74) is 2.30. The molecule has 4 heteroatoms. The van der Waals surface area contributed by atoms with Crippen molar-refractivity contribution in [2.24, 2.45) is 0 Å². The van der Waals surface area contributed by atoms with Crippen molar-refractivity contribution < 1.29 is 9.53 Å². The number of ether oxygens (including phenoxy) is 1. The van der Waals surface area contributed by atoms with Gasteiger partial charge in [-0.1, -0.05) is 42.5 Å². The van der Waals surface area contributed by atoms with Gasteiger partial charge < -0.3 is 15.4 Å². The van der Waals surface area contributed by atoms with Crippen molar-refractivity contribution in [1.29, 1.82) is 0 Å². The Labute approximate surface area is 143 Å². The Kier molecular flexibility index (Phi) is 5.49. The van der Waals surface area contributed by atoms with Gasteiger partial charge in [-0.05, 0) is 56.1 Å². The van der Waals surface area contributed by atoms with E-state index >= 15 is 0 Å². The molecule has 0 saturated carbocycles. The van der Waals surface area contributed by atoms with Gasteiger partial charge in [0.25, 0.3) is 5.91 Å². The molecule has 1 fully saturated rings. The first-order valence-corrected chi connectivity index (χ1v) is 8.55. The third kappa shape index (κ3) is 4.36. The summed E-state index contributed by atoms with van der Waals surface area (Å²) in [4.78, 5) is 12.2. The summed E-state index contributed by atoms with van der Waals surface area (Å²) >= 11 is 0. The van der Waals surface area contributed by atoms with Crippen molar-refractivity contribution in [2.45, 2.75) is 31.9 Å². The first-order valence-electron chi connectivity index (χ1n) is 8.55. The average molecular weight is 324 g/mol. The van der Waals surface area contributed by atoms with E-state index < -0.39 is 6.10 Å². The molecule has 1 atom stereocenters. The lowest BCUT2D eigenvalue weighted by molar-refractivity contribution is -0.128. The van der Waals surface area contributed by atoms with Crippen molar-refractivity contribution in [2.75, 3.05) is 13.1 Å². The SMILES string of the molecule is CC(Oc1ccc(-c2ccccc2)cc1)C(=O)NC1CCNCC1. The van der Waals surface area contributed by atoms with Gasteiger partial charge in [-0.15, -0.1) is 0 Å². The Hall–Kier alpha value is -2.33. The highest BCUT2D eigenvalue weighted by Gasteiger charge is 2.20. The van der Waals surface area contributed by atoms with Gasteiger partial charge in [-0.25, -0.2) is 0 Å². The molecule has 1 saturated heterocycles. The summed E-state index contributed by atoms with van der Waals surface area (Å²) in [6, 6.07) is 18.3. The smallest absolute Gasteiger partial charge is 0.260 e. The molecule has 1 aliphatic heterocycles. The molecule has 0 radical (unpaired) electrons. The molecular weight excluding hydrogens is 300 g/mol. The Bertz CT molecular complexity index is 649.